The van der Waals surface area contributed by atoms with Gasteiger partial charge in [-0.1, -0.05) is 118 Å². The number of para-hydroxylation sites is 2. The Kier molecular flexibility index (Phi) is 6.59. The van der Waals surface area contributed by atoms with Gasteiger partial charge in [0.15, 0.2) is 5.65 Å². The summed E-state index contributed by atoms with van der Waals surface area (Å²) in [6.07, 6.45) is 2.24. The van der Waals surface area contributed by atoms with Gasteiger partial charge in [-0.05, 0) is 87.0 Å². The van der Waals surface area contributed by atoms with Gasteiger partial charge in [-0.2, -0.15) is 4.98 Å². The van der Waals surface area contributed by atoms with Crippen LogP contribution in [0.1, 0.15) is 104 Å². The van der Waals surface area contributed by atoms with Gasteiger partial charge < -0.3 is 9.47 Å². The van der Waals surface area contributed by atoms with E-state index in [1.54, 1.807) is 0 Å². The van der Waals surface area contributed by atoms with Gasteiger partial charge in [0.2, 0.25) is 5.88 Å². The maximum absolute atomic E-state index is 7.39. The molecule has 2 aliphatic heterocycles. The molecule has 4 nitrogen and oxygen atoms in total. The molecule has 0 amide bonds. The topological polar surface area (TPSA) is 36.3 Å². The lowest BCUT2D eigenvalue weighted by atomic mass is 9.37. The van der Waals surface area contributed by atoms with Crippen LogP contribution in [0.25, 0.3) is 37.7 Å². The number of aromatic nitrogens is 2. The van der Waals surface area contributed by atoms with Crippen molar-refractivity contribution in [3.63, 3.8) is 0 Å². The first-order valence-electron chi connectivity index (χ1n) is 19.2. The van der Waals surface area contributed by atoms with E-state index in [0.717, 1.165) is 63.2 Å². The number of hydrogen-bond acceptors (Lipinski definition) is 4. The quantitative estimate of drug-likeness (QED) is 0.159. The van der Waals surface area contributed by atoms with Crippen LogP contribution >= 0.6 is 11.3 Å². The first-order chi connectivity index (χ1) is 25.0. The van der Waals surface area contributed by atoms with Gasteiger partial charge in [0.05, 0.1) is 10.9 Å². The number of nitrogens with zero attached hydrogens (tertiary/aromatic N) is 2. The molecule has 0 unspecified atom stereocenters. The van der Waals surface area contributed by atoms with E-state index < -0.39 is 0 Å². The maximum atomic E-state index is 7.39. The number of pyridine rings is 1. The molecule has 1 aliphatic carbocycles. The Morgan fingerprint density at radius 3 is 2.13 bits per heavy atom. The maximum Gasteiger partial charge on any atom is 0.275 e. The number of thiophene rings is 1. The fourth-order valence-electron chi connectivity index (χ4n) is 9.53. The van der Waals surface area contributed by atoms with E-state index in [-0.39, 0.29) is 28.4 Å². The first-order valence-corrected chi connectivity index (χ1v) is 20.0. The standard InChI is InChI=1S/C47H47BN2O2S/c1-44(2,3)26-20-21-33-29(24-26)38-41(53-33)48-31-25-30(45(4,5)6)35-36(47(9,10)23-22-46(35,7)8)39(31)52-43-37(48)40(51-38)34-28-18-14-15-19-32(28)50(42(34)49-43)27-16-12-11-13-17-27/h11-21,24-25H,22-23H2,1-10H3. The van der Waals surface area contributed by atoms with Gasteiger partial charge in [-0.3, -0.25) is 4.57 Å². The monoisotopic (exact) mass is 714 g/mol. The van der Waals surface area contributed by atoms with Crippen molar-refractivity contribution in [3.8, 4) is 28.8 Å². The van der Waals surface area contributed by atoms with Gasteiger partial charge in [-0.15, -0.1) is 11.3 Å². The number of fused-ring (bicyclic) bond motifs is 12. The molecule has 0 atom stereocenters. The van der Waals surface area contributed by atoms with E-state index in [1.807, 2.05) is 11.3 Å². The van der Waals surface area contributed by atoms with Gasteiger partial charge in [-0.25, -0.2) is 0 Å². The molecule has 7 aromatic rings. The molecule has 0 spiro atoms. The summed E-state index contributed by atoms with van der Waals surface area (Å²) in [4.78, 5) is 5.56. The van der Waals surface area contributed by atoms with E-state index in [2.05, 4.69) is 153 Å². The van der Waals surface area contributed by atoms with E-state index >= 15 is 0 Å². The number of rotatable bonds is 1. The summed E-state index contributed by atoms with van der Waals surface area (Å²) in [5.74, 6) is 3.51. The minimum absolute atomic E-state index is 0.00732. The predicted octanol–water partition coefficient (Wildman–Crippen LogP) is 11.1. The zero-order chi connectivity index (χ0) is 37.0. The molecule has 5 heterocycles. The van der Waals surface area contributed by atoms with Crippen LogP contribution in [0.15, 0.2) is 78.9 Å². The molecule has 266 valence electrons. The Morgan fingerprint density at radius 2 is 1.42 bits per heavy atom. The third kappa shape index (κ3) is 4.57. The minimum Gasteiger partial charge on any atom is -0.456 e. The molecular weight excluding hydrogens is 667 g/mol. The average Bonchev–Trinajstić information content (AvgIpc) is 3.64. The summed E-state index contributed by atoms with van der Waals surface area (Å²) in [6.45, 7) is 23.6. The minimum atomic E-state index is -0.0778. The lowest BCUT2D eigenvalue weighted by Crippen LogP contribution is -2.58. The number of ether oxygens (including phenoxy) is 2. The summed E-state index contributed by atoms with van der Waals surface area (Å²) < 4.78 is 19.5. The van der Waals surface area contributed by atoms with E-state index in [4.69, 9.17) is 14.5 Å². The van der Waals surface area contributed by atoms with Crippen LogP contribution in [0.3, 0.4) is 0 Å². The van der Waals surface area contributed by atoms with E-state index in [0.29, 0.717) is 5.88 Å². The molecule has 0 bridgehead atoms. The van der Waals surface area contributed by atoms with Crippen molar-refractivity contribution in [2.45, 2.75) is 104 Å². The van der Waals surface area contributed by atoms with Crippen LogP contribution in [0.4, 0.5) is 0 Å². The van der Waals surface area contributed by atoms with Crippen molar-refractivity contribution < 1.29 is 9.47 Å². The van der Waals surface area contributed by atoms with Crippen LogP contribution in [0.5, 0.6) is 23.1 Å². The molecule has 0 N–H and O–H groups in total. The lowest BCUT2D eigenvalue weighted by Gasteiger charge is -2.47. The SMILES string of the molecule is CC(C)(C)c1ccc2sc3c(c2c1)Oc1c2c(nc4c1c1ccccc1n4-c1ccccc1)Oc1c(cc(C(C)(C)C)c4c1C(C)(C)CCC4(C)C)B32. The summed E-state index contributed by atoms with van der Waals surface area (Å²) in [7, 11) is 0. The predicted molar refractivity (Wildman–Crippen MR) is 224 cm³/mol. The van der Waals surface area contributed by atoms with Crippen LogP contribution < -0.4 is 25.2 Å². The van der Waals surface area contributed by atoms with Gasteiger partial charge in [0.25, 0.3) is 6.71 Å². The second-order valence-corrected chi connectivity index (χ2v) is 20.1. The van der Waals surface area contributed by atoms with E-state index in [1.165, 1.54) is 42.6 Å². The van der Waals surface area contributed by atoms with Gasteiger partial charge in [0.1, 0.15) is 17.2 Å². The van der Waals surface area contributed by atoms with E-state index in [9.17, 15) is 0 Å². The normalized spacial score (nSPS) is 16.9. The van der Waals surface area contributed by atoms with Crippen molar-refractivity contribution in [2.75, 3.05) is 0 Å². The Balaban J connectivity index is 1.38. The zero-order valence-electron chi connectivity index (χ0n) is 32.6. The summed E-state index contributed by atoms with van der Waals surface area (Å²) in [5.41, 5.74) is 10.7. The first kappa shape index (κ1) is 33.1. The van der Waals surface area contributed by atoms with Crippen LogP contribution in [0, 0.1) is 0 Å². The molecule has 0 saturated heterocycles. The molecule has 3 aromatic heterocycles. The Labute approximate surface area is 317 Å². The largest absolute Gasteiger partial charge is 0.456 e. The molecule has 0 fully saturated rings. The fraction of sp³-hybridized carbons (Fsp3) is 0.340. The van der Waals surface area contributed by atoms with Gasteiger partial charge >= 0.3 is 0 Å². The second kappa shape index (κ2) is 10.6. The number of hydrogen-bond donors (Lipinski definition) is 0. The Bertz CT molecular complexity index is 2700. The highest BCUT2D eigenvalue weighted by molar-refractivity contribution is 7.33. The van der Waals surface area contributed by atoms with Crippen molar-refractivity contribution >= 4 is 65.8 Å². The third-order valence-electron chi connectivity index (χ3n) is 12.4. The van der Waals surface area contributed by atoms with Gasteiger partial charge in [0, 0.05) is 37.0 Å². The average molecular weight is 715 g/mol. The smallest absolute Gasteiger partial charge is 0.275 e. The summed E-state index contributed by atoms with van der Waals surface area (Å²) >= 11 is 1.87. The highest BCUT2D eigenvalue weighted by atomic mass is 32.1. The Hall–Kier alpha value is -4.55. The highest BCUT2D eigenvalue weighted by Crippen LogP contribution is 2.55. The molecule has 0 radical (unpaired) electrons. The summed E-state index contributed by atoms with van der Waals surface area (Å²) in [5, 5.41) is 3.35. The molecule has 4 aromatic carbocycles. The van der Waals surface area contributed by atoms with Crippen molar-refractivity contribution in [3.05, 3.63) is 101 Å². The van der Waals surface area contributed by atoms with Crippen LogP contribution in [0.2, 0.25) is 0 Å². The molecule has 0 saturated carbocycles. The molecule has 10 rings (SSSR count). The van der Waals surface area contributed by atoms with Crippen molar-refractivity contribution in [2.24, 2.45) is 0 Å². The van der Waals surface area contributed by atoms with Crippen LogP contribution in [-0.2, 0) is 21.7 Å². The second-order valence-electron chi connectivity index (χ2n) is 19.1. The third-order valence-corrected chi connectivity index (χ3v) is 13.6. The van der Waals surface area contributed by atoms with Crippen molar-refractivity contribution in [1.29, 1.82) is 0 Å². The summed E-state index contributed by atoms with van der Waals surface area (Å²) in [6, 6.07) is 28.7. The molecule has 53 heavy (non-hydrogen) atoms. The molecule has 3 aliphatic rings. The number of benzene rings is 4. The van der Waals surface area contributed by atoms with Crippen LogP contribution in [-0.4, -0.2) is 16.3 Å². The lowest BCUT2D eigenvalue weighted by molar-refractivity contribution is 0.313. The molecular formula is C47H47BN2O2S. The van der Waals surface area contributed by atoms with Crippen molar-refractivity contribution in [1.82, 2.24) is 9.55 Å². The Morgan fingerprint density at radius 1 is 0.717 bits per heavy atom. The fourth-order valence-corrected chi connectivity index (χ4v) is 10.8. The molecule has 6 heteroatoms. The zero-order valence-corrected chi connectivity index (χ0v) is 33.4. The highest BCUT2D eigenvalue weighted by Gasteiger charge is 2.50.